The van der Waals surface area contributed by atoms with Gasteiger partial charge in [-0.15, -0.1) is 0 Å². The Labute approximate surface area is 107 Å². The van der Waals surface area contributed by atoms with Crippen LogP contribution in [0.5, 0.6) is 5.75 Å². The highest BCUT2D eigenvalue weighted by Gasteiger charge is 2.21. The van der Waals surface area contributed by atoms with Crippen LogP contribution in [0.25, 0.3) is 0 Å². The van der Waals surface area contributed by atoms with Crippen molar-refractivity contribution < 1.29 is 14.6 Å². The minimum Gasteiger partial charge on any atom is -0.484 e. The second-order valence-electron chi connectivity index (χ2n) is 4.78. The molecular formula is C14H19NO3. The summed E-state index contributed by atoms with van der Waals surface area (Å²) in [6.45, 7) is 2.48. The van der Waals surface area contributed by atoms with Crippen molar-refractivity contribution in [2.24, 2.45) is 5.92 Å². The highest BCUT2D eigenvalue weighted by molar-refractivity contribution is 5.77. The lowest BCUT2D eigenvalue weighted by atomic mass is 10.1. The van der Waals surface area contributed by atoms with E-state index in [0.29, 0.717) is 11.7 Å². The maximum absolute atomic E-state index is 11.5. The Morgan fingerprint density at radius 1 is 1.56 bits per heavy atom. The van der Waals surface area contributed by atoms with Gasteiger partial charge in [-0.05, 0) is 43.4 Å². The molecule has 0 aliphatic heterocycles. The van der Waals surface area contributed by atoms with Gasteiger partial charge >= 0.3 is 0 Å². The van der Waals surface area contributed by atoms with Gasteiger partial charge in [0.05, 0.1) is 6.10 Å². The largest absolute Gasteiger partial charge is 0.484 e. The van der Waals surface area contributed by atoms with Crippen LogP contribution >= 0.6 is 0 Å². The van der Waals surface area contributed by atoms with Gasteiger partial charge in [0.2, 0.25) is 0 Å². The molecule has 2 rings (SSSR count). The first-order valence-electron chi connectivity index (χ1n) is 6.32. The summed E-state index contributed by atoms with van der Waals surface area (Å²) in [4.78, 5) is 11.5. The quantitative estimate of drug-likeness (QED) is 0.806. The fraction of sp³-hybridized carbons (Fsp3) is 0.500. The van der Waals surface area contributed by atoms with Crippen LogP contribution in [-0.4, -0.2) is 24.2 Å². The molecule has 0 saturated heterocycles. The van der Waals surface area contributed by atoms with Crippen molar-refractivity contribution in [3.8, 4) is 5.75 Å². The van der Waals surface area contributed by atoms with Gasteiger partial charge in [0.15, 0.2) is 6.61 Å². The number of carbonyl (C=O) groups excluding carboxylic acids is 1. The molecular weight excluding hydrogens is 230 g/mol. The lowest BCUT2D eigenvalue weighted by Gasteiger charge is -2.09. The van der Waals surface area contributed by atoms with Gasteiger partial charge in [-0.3, -0.25) is 4.79 Å². The molecule has 1 aliphatic carbocycles. The Morgan fingerprint density at radius 3 is 3.00 bits per heavy atom. The predicted octanol–water partition coefficient (Wildman–Crippen LogP) is 1.64. The maximum atomic E-state index is 11.5. The molecule has 0 bridgehead atoms. The molecule has 1 amide bonds. The third-order valence-corrected chi connectivity index (χ3v) is 3.00. The number of aliphatic hydroxyl groups is 1. The molecule has 1 saturated carbocycles. The summed E-state index contributed by atoms with van der Waals surface area (Å²) in [5.41, 5.74) is 0.783. The van der Waals surface area contributed by atoms with Crippen molar-refractivity contribution in [2.45, 2.75) is 25.9 Å². The number of carbonyl (C=O) groups is 1. The third-order valence-electron chi connectivity index (χ3n) is 3.00. The zero-order valence-corrected chi connectivity index (χ0v) is 10.6. The van der Waals surface area contributed by atoms with Gasteiger partial charge in [-0.25, -0.2) is 0 Å². The van der Waals surface area contributed by atoms with Crippen molar-refractivity contribution in [3.05, 3.63) is 29.8 Å². The lowest BCUT2D eigenvalue weighted by molar-refractivity contribution is -0.123. The number of amides is 1. The molecule has 1 fully saturated rings. The molecule has 0 heterocycles. The zero-order chi connectivity index (χ0) is 13.0. The zero-order valence-electron chi connectivity index (χ0n) is 10.6. The number of ether oxygens (including phenoxy) is 1. The first kappa shape index (κ1) is 12.9. The van der Waals surface area contributed by atoms with Crippen molar-refractivity contribution in [2.75, 3.05) is 13.2 Å². The Hall–Kier alpha value is -1.55. The molecule has 4 heteroatoms. The van der Waals surface area contributed by atoms with E-state index in [2.05, 4.69) is 5.32 Å². The van der Waals surface area contributed by atoms with Crippen LogP contribution in [-0.2, 0) is 4.79 Å². The summed E-state index contributed by atoms with van der Waals surface area (Å²) in [5.74, 6) is 1.19. The van der Waals surface area contributed by atoms with Crippen LogP contribution < -0.4 is 10.1 Å². The minimum atomic E-state index is -0.530. The van der Waals surface area contributed by atoms with E-state index >= 15 is 0 Å². The summed E-state index contributed by atoms with van der Waals surface area (Å²) in [7, 11) is 0. The Bertz CT molecular complexity index is 413. The maximum Gasteiger partial charge on any atom is 0.257 e. The van der Waals surface area contributed by atoms with Gasteiger partial charge in [-0.1, -0.05) is 12.1 Å². The van der Waals surface area contributed by atoms with Crippen molar-refractivity contribution in [3.63, 3.8) is 0 Å². The average molecular weight is 249 g/mol. The molecule has 1 aromatic carbocycles. The molecule has 4 nitrogen and oxygen atoms in total. The average Bonchev–Trinajstić information content (AvgIpc) is 3.18. The van der Waals surface area contributed by atoms with Crippen LogP contribution in [0.4, 0.5) is 0 Å². The number of rotatable bonds is 6. The van der Waals surface area contributed by atoms with Crippen LogP contribution in [0, 0.1) is 5.92 Å². The van der Waals surface area contributed by atoms with E-state index in [0.717, 1.165) is 12.1 Å². The second-order valence-corrected chi connectivity index (χ2v) is 4.78. The smallest absolute Gasteiger partial charge is 0.257 e. The van der Waals surface area contributed by atoms with E-state index in [1.54, 1.807) is 25.1 Å². The number of benzene rings is 1. The molecule has 1 atom stereocenters. The summed E-state index contributed by atoms with van der Waals surface area (Å²) >= 11 is 0. The van der Waals surface area contributed by atoms with Crippen molar-refractivity contribution in [1.82, 2.24) is 5.32 Å². The molecule has 1 aliphatic rings. The Morgan fingerprint density at radius 2 is 2.33 bits per heavy atom. The molecule has 1 aromatic rings. The normalized spacial score (nSPS) is 16.1. The highest BCUT2D eigenvalue weighted by Crippen LogP contribution is 2.27. The summed E-state index contributed by atoms with van der Waals surface area (Å²) < 4.78 is 5.39. The van der Waals surface area contributed by atoms with Gasteiger partial charge in [0.25, 0.3) is 5.91 Å². The number of hydrogen-bond acceptors (Lipinski definition) is 3. The molecule has 1 unspecified atom stereocenters. The van der Waals surface area contributed by atoms with E-state index in [9.17, 15) is 9.90 Å². The summed E-state index contributed by atoms with van der Waals surface area (Å²) in [6, 6.07) is 7.16. The van der Waals surface area contributed by atoms with Gasteiger partial charge in [0, 0.05) is 6.54 Å². The number of nitrogens with one attached hydrogen (secondary N) is 1. The fourth-order valence-electron chi connectivity index (χ4n) is 1.64. The lowest BCUT2D eigenvalue weighted by Crippen LogP contribution is -2.30. The monoisotopic (exact) mass is 249 g/mol. The van der Waals surface area contributed by atoms with E-state index < -0.39 is 6.10 Å². The standard InChI is InChI=1S/C14H19NO3/c1-10(16)12-3-2-4-13(7-12)18-9-14(17)15-8-11-5-6-11/h2-4,7,10-11,16H,5-6,8-9H2,1H3,(H,15,17). The van der Waals surface area contributed by atoms with Crippen LogP contribution in [0.3, 0.4) is 0 Å². The number of aliphatic hydroxyl groups excluding tert-OH is 1. The van der Waals surface area contributed by atoms with Crippen molar-refractivity contribution in [1.29, 1.82) is 0 Å². The van der Waals surface area contributed by atoms with Crippen LogP contribution in [0.2, 0.25) is 0 Å². The SMILES string of the molecule is CC(O)c1cccc(OCC(=O)NCC2CC2)c1. The van der Waals surface area contributed by atoms with E-state index in [1.807, 2.05) is 6.07 Å². The van der Waals surface area contributed by atoms with E-state index in [4.69, 9.17) is 4.74 Å². The molecule has 0 spiro atoms. The Kier molecular flexibility index (Phi) is 4.20. The molecule has 98 valence electrons. The molecule has 0 aromatic heterocycles. The van der Waals surface area contributed by atoms with Gasteiger partial charge in [-0.2, -0.15) is 0 Å². The first-order chi connectivity index (χ1) is 8.65. The van der Waals surface area contributed by atoms with Crippen LogP contribution in [0.15, 0.2) is 24.3 Å². The topological polar surface area (TPSA) is 58.6 Å². The highest BCUT2D eigenvalue weighted by atomic mass is 16.5. The molecule has 2 N–H and O–H groups in total. The number of hydrogen-bond donors (Lipinski definition) is 2. The van der Waals surface area contributed by atoms with E-state index in [-0.39, 0.29) is 12.5 Å². The fourth-order valence-corrected chi connectivity index (χ4v) is 1.64. The van der Waals surface area contributed by atoms with Gasteiger partial charge < -0.3 is 15.2 Å². The summed E-state index contributed by atoms with van der Waals surface area (Å²) in [5, 5.41) is 12.3. The second kappa shape index (κ2) is 5.87. The van der Waals surface area contributed by atoms with Crippen molar-refractivity contribution >= 4 is 5.91 Å². The summed E-state index contributed by atoms with van der Waals surface area (Å²) in [6.07, 6.45) is 1.91. The minimum absolute atomic E-state index is 0.0238. The molecule has 0 radical (unpaired) electrons. The Balaban J connectivity index is 1.77. The third kappa shape index (κ3) is 4.04. The molecule has 18 heavy (non-hydrogen) atoms. The van der Waals surface area contributed by atoms with E-state index in [1.165, 1.54) is 12.8 Å². The van der Waals surface area contributed by atoms with Crippen LogP contribution in [0.1, 0.15) is 31.4 Å². The first-order valence-corrected chi connectivity index (χ1v) is 6.32. The predicted molar refractivity (Wildman–Crippen MR) is 68.3 cm³/mol. The van der Waals surface area contributed by atoms with Gasteiger partial charge in [0.1, 0.15) is 5.75 Å².